The number of allylic oxidation sites excluding steroid dienone is 1. The first kappa shape index (κ1) is 22.2. The fraction of sp³-hybridized carbons (Fsp3) is 0.250. The SMILES string of the molecule is CC(=N)/C=C(\Nc1ccccc1)N1CCN(c2nc(-c3ccncc3F)cc(=O)n2C)CC1. The summed E-state index contributed by atoms with van der Waals surface area (Å²) < 4.78 is 15.7. The van der Waals surface area contributed by atoms with Gasteiger partial charge in [-0.25, -0.2) is 9.37 Å². The van der Waals surface area contributed by atoms with Crippen molar-refractivity contribution in [2.45, 2.75) is 6.92 Å². The molecule has 0 spiro atoms. The second-order valence-corrected chi connectivity index (χ2v) is 7.87. The standard InChI is InChI=1S/C24H26FN7O/c1-17(26)14-22(28-18-6-4-3-5-7-18)31-10-12-32(13-11-31)24-29-21(15-23(33)30(24)2)19-8-9-27-16-20(19)25/h3-9,14-16,26,28H,10-13H2,1-2H3/b22-14+,26-17?. The van der Waals surface area contributed by atoms with Crippen LogP contribution >= 0.6 is 0 Å². The number of hydrogen-bond donors (Lipinski definition) is 2. The van der Waals surface area contributed by atoms with Crippen molar-refractivity contribution in [2.75, 3.05) is 36.4 Å². The summed E-state index contributed by atoms with van der Waals surface area (Å²) in [6.45, 7) is 4.32. The van der Waals surface area contributed by atoms with E-state index in [9.17, 15) is 9.18 Å². The number of para-hydroxylation sites is 1. The number of halogens is 1. The van der Waals surface area contributed by atoms with Crippen molar-refractivity contribution < 1.29 is 4.39 Å². The number of benzene rings is 1. The Balaban J connectivity index is 1.55. The molecule has 0 bridgehead atoms. The molecule has 0 radical (unpaired) electrons. The third kappa shape index (κ3) is 5.08. The van der Waals surface area contributed by atoms with E-state index in [1.54, 1.807) is 14.0 Å². The molecule has 1 saturated heterocycles. The fourth-order valence-electron chi connectivity index (χ4n) is 3.76. The summed E-state index contributed by atoms with van der Waals surface area (Å²) in [4.78, 5) is 25.2. The molecule has 0 aliphatic carbocycles. The molecule has 9 heteroatoms. The molecule has 2 N–H and O–H groups in total. The molecule has 0 atom stereocenters. The molecule has 3 heterocycles. The average Bonchev–Trinajstić information content (AvgIpc) is 2.81. The fourth-order valence-corrected chi connectivity index (χ4v) is 3.76. The second kappa shape index (κ2) is 9.64. The van der Waals surface area contributed by atoms with Gasteiger partial charge in [-0.1, -0.05) is 18.2 Å². The summed E-state index contributed by atoms with van der Waals surface area (Å²) >= 11 is 0. The molecule has 1 aliphatic heterocycles. The van der Waals surface area contributed by atoms with E-state index >= 15 is 0 Å². The molecule has 0 amide bonds. The minimum absolute atomic E-state index is 0.251. The molecular formula is C24H26FN7O. The quantitative estimate of drug-likeness (QED) is 0.565. The molecule has 4 rings (SSSR count). The van der Waals surface area contributed by atoms with E-state index in [4.69, 9.17) is 5.41 Å². The molecule has 33 heavy (non-hydrogen) atoms. The van der Waals surface area contributed by atoms with Gasteiger partial charge in [-0.2, -0.15) is 0 Å². The summed E-state index contributed by atoms with van der Waals surface area (Å²) in [5.74, 6) is 0.832. The molecule has 3 aromatic rings. The minimum Gasteiger partial charge on any atom is -0.355 e. The number of pyridine rings is 1. The van der Waals surface area contributed by atoms with Crippen molar-refractivity contribution in [3.63, 3.8) is 0 Å². The van der Waals surface area contributed by atoms with Crippen molar-refractivity contribution in [1.29, 1.82) is 5.41 Å². The van der Waals surface area contributed by atoms with Crippen LogP contribution in [0.4, 0.5) is 16.0 Å². The third-order valence-corrected chi connectivity index (χ3v) is 5.46. The second-order valence-electron chi connectivity index (χ2n) is 7.87. The normalized spacial score (nSPS) is 14.3. The molecule has 0 saturated carbocycles. The lowest BCUT2D eigenvalue weighted by atomic mass is 10.2. The smallest absolute Gasteiger partial charge is 0.255 e. The Bertz CT molecular complexity index is 1230. The molecular weight excluding hydrogens is 421 g/mol. The van der Waals surface area contributed by atoms with Gasteiger partial charge in [-0.05, 0) is 31.2 Å². The van der Waals surface area contributed by atoms with Crippen molar-refractivity contribution in [3.8, 4) is 11.3 Å². The van der Waals surface area contributed by atoms with E-state index in [-0.39, 0.29) is 11.1 Å². The third-order valence-electron chi connectivity index (χ3n) is 5.46. The maximum absolute atomic E-state index is 14.2. The Morgan fingerprint density at radius 3 is 2.55 bits per heavy atom. The van der Waals surface area contributed by atoms with Gasteiger partial charge in [0.1, 0.15) is 5.82 Å². The molecule has 1 aromatic carbocycles. The lowest BCUT2D eigenvalue weighted by molar-refractivity contribution is 0.322. The van der Waals surface area contributed by atoms with E-state index in [0.717, 1.165) is 17.7 Å². The van der Waals surface area contributed by atoms with Crippen LogP contribution in [0, 0.1) is 11.2 Å². The summed E-state index contributed by atoms with van der Waals surface area (Å²) in [6, 6.07) is 12.7. The molecule has 0 unspecified atom stereocenters. The number of rotatable bonds is 6. The first-order valence-corrected chi connectivity index (χ1v) is 10.7. The topological polar surface area (TPSA) is 90.1 Å². The molecule has 170 valence electrons. The van der Waals surface area contributed by atoms with Gasteiger partial charge in [-0.15, -0.1) is 0 Å². The van der Waals surface area contributed by atoms with E-state index in [1.807, 2.05) is 41.3 Å². The van der Waals surface area contributed by atoms with Crippen molar-refractivity contribution in [3.05, 3.63) is 82.9 Å². The maximum Gasteiger partial charge on any atom is 0.255 e. The highest BCUT2D eigenvalue weighted by Crippen LogP contribution is 2.22. The monoisotopic (exact) mass is 447 g/mol. The van der Waals surface area contributed by atoms with Crippen LogP contribution in [0.1, 0.15) is 6.92 Å². The van der Waals surface area contributed by atoms with Crippen LogP contribution < -0.4 is 15.8 Å². The Hall–Kier alpha value is -4.01. The van der Waals surface area contributed by atoms with E-state index in [1.165, 1.54) is 22.9 Å². The average molecular weight is 448 g/mol. The molecule has 8 nitrogen and oxygen atoms in total. The number of nitrogens with one attached hydrogen (secondary N) is 2. The van der Waals surface area contributed by atoms with Crippen LogP contribution in [0.2, 0.25) is 0 Å². The van der Waals surface area contributed by atoms with Crippen LogP contribution in [-0.2, 0) is 7.05 Å². The van der Waals surface area contributed by atoms with Gasteiger partial charge in [0.05, 0.1) is 11.9 Å². The van der Waals surface area contributed by atoms with Gasteiger partial charge in [-0.3, -0.25) is 14.3 Å². The van der Waals surface area contributed by atoms with Crippen molar-refractivity contribution >= 4 is 17.3 Å². The van der Waals surface area contributed by atoms with Gasteiger partial charge in [0.2, 0.25) is 5.95 Å². The number of nitrogens with zero attached hydrogens (tertiary/aromatic N) is 5. The van der Waals surface area contributed by atoms with Gasteiger partial charge < -0.3 is 20.5 Å². The minimum atomic E-state index is -0.516. The van der Waals surface area contributed by atoms with Crippen LogP contribution in [-0.4, -0.2) is 51.3 Å². The highest BCUT2D eigenvalue weighted by atomic mass is 19.1. The number of anilines is 2. The van der Waals surface area contributed by atoms with Crippen LogP contribution in [0.25, 0.3) is 11.3 Å². The zero-order valence-electron chi connectivity index (χ0n) is 18.6. The summed E-state index contributed by atoms with van der Waals surface area (Å²) in [7, 11) is 1.67. The van der Waals surface area contributed by atoms with Gasteiger partial charge in [0.15, 0.2) is 5.82 Å². The van der Waals surface area contributed by atoms with E-state index < -0.39 is 5.82 Å². The number of aromatic nitrogens is 3. The van der Waals surface area contributed by atoms with Gasteiger partial charge in [0.25, 0.3) is 5.56 Å². The zero-order valence-corrected chi connectivity index (χ0v) is 18.6. The van der Waals surface area contributed by atoms with Crippen LogP contribution in [0.15, 0.2) is 71.5 Å². The maximum atomic E-state index is 14.2. The zero-order chi connectivity index (χ0) is 23.4. The summed E-state index contributed by atoms with van der Waals surface area (Å²) in [5.41, 5.74) is 1.69. The first-order valence-electron chi connectivity index (χ1n) is 10.7. The van der Waals surface area contributed by atoms with E-state index in [2.05, 4.69) is 20.2 Å². The molecule has 2 aromatic heterocycles. The number of hydrogen-bond acceptors (Lipinski definition) is 7. The lowest BCUT2D eigenvalue weighted by Gasteiger charge is -2.38. The van der Waals surface area contributed by atoms with Gasteiger partial charge in [0, 0.05) is 62.5 Å². The summed E-state index contributed by atoms with van der Waals surface area (Å²) in [6.07, 6.45) is 4.41. The highest BCUT2D eigenvalue weighted by molar-refractivity contribution is 5.91. The van der Waals surface area contributed by atoms with E-state index in [0.29, 0.717) is 43.5 Å². The first-order chi connectivity index (χ1) is 15.9. The predicted octanol–water partition coefficient (Wildman–Crippen LogP) is 3.10. The Morgan fingerprint density at radius 2 is 1.88 bits per heavy atom. The highest BCUT2D eigenvalue weighted by Gasteiger charge is 2.23. The Kier molecular flexibility index (Phi) is 6.48. The van der Waals surface area contributed by atoms with Crippen LogP contribution in [0.3, 0.4) is 0 Å². The number of piperazine rings is 1. The largest absolute Gasteiger partial charge is 0.355 e. The van der Waals surface area contributed by atoms with Crippen LogP contribution in [0.5, 0.6) is 0 Å². The van der Waals surface area contributed by atoms with Crippen molar-refractivity contribution in [2.24, 2.45) is 7.05 Å². The molecule has 1 fully saturated rings. The lowest BCUT2D eigenvalue weighted by Crippen LogP contribution is -2.48. The van der Waals surface area contributed by atoms with Gasteiger partial charge >= 0.3 is 0 Å². The Morgan fingerprint density at radius 1 is 1.15 bits per heavy atom. The predicted molar refractivity (Wildman–Crippen MR) is 128 cm³/mol. The molecule has 1 aliphatic rings. The summed E-state index contributed by atoms with van der Waals surface area (Å²) in [5, 5.41) is 11.3. The van der Waals surface area contributed by atoms with Crippen molar-refractivity contribution in [1.82, 2.24) is 19.4 Å². The Labute approximate surface area is 191 Å².